The highest BCUT2D eigenvalue weighted by molar-refractivity contribution is 7.80. The van der Waals surface area contributed by atoms with Crippen molar-refractivity contribution in [2.24, 2.45) is 12.9 Å². The molecular weight excluding hydrogens is 178 g/mol. The molecule has 0 amide bonds. The van der Waals surface area contributed by atoms with Gasteiger partial charge in [-0.05, 0) is 0 Å². The predicted octanol–water partition coefficient (Wildman–Crippen LogP) is -1.57. The molecule has 0 saturated heterocycles. The number of aromatic nitrogens is 2. The van der Waals surface area contributed by atoms with Crippen LogP contribution in [0.5, 0.6) is 0 Å². The van der Waals surface area contributed by atoms with Crippen molar-refractivity contribution in [3.05, 3.63) is 15.9 Å². The van der Waals surface area contributed by atoms with Crippen LogP contribution in [0.25, 0.3) is 0 Å². The first-order valence-corrected chi connectivity index (χ1v) is 3.54. The number of nitrogens with zero attached hydrogens (tertiary/aromatic N) is 1. The van der Waals surface area contributed by atoms with E-state index in [9.17, 15) is 4.79 Å². The van der Waals surface area contributed by atoms with Crippen molar-refractivity contribution >= 4 is 23.0 Å². The standard InChI is InChI=1S/C5H9N5OS/c1-10-5(11)2(3(6)9-10)4(12)8-7/h9H,6-7H2,1H3,(H,8,12). The van der Waals surface area contributed by atoms with Crippen LogP contribution in [0.15, 0.2) is 4.79 Å². The molecule has 1 rings (SSSR count). The van der Waals surface area contributed by atoms with Crippen LogP contribution >= 0.6 is 12.2 Å². The predicted molar refractivity (Wildman–Crippen MR) is 49.5 cm³/mol. The van der Waals surface area contributed by atoms with E-state index in [1.54, 1.807) is 7.05 Å². The summed E-state index contributed by atoms with van der Waals surface area (Å²) in [5, 5.41) is 2.59. The molecule has 0 saturated carbocycles. The molecule has 0 unspecified atom stereocenters. The van der Waals surface area contributed by atoms with Gasteiger partial charge in [-0.15, -0.1) is 0 Å². The number of aryl methyl sites for hydroxylation is 1. The van der Waals surface area contributed by atoms with E-state index in [1.807, 2.05) is 0 Å². The monoisotopic (exact) mass is 187 g/mol. The minimum absolute atomic E-state index is 0.134. The van der Waals surface area contributed by atoms with Crippen molar-refractivity contribution in [3.8, 4) is 0 Å². The second kappa shape index (κ2) is 2.95. The Bertz CT molecular complexity index is 364. The Labute approximate surface area is 73.5 Å². The fourth-order valence-corrected chi connectivity index (χ4v) is 1.06. The summed E-state index contributed by atoms with van der Waals surface area (Å²) in [6.07, 6.45) is 0. The van der Waals surface area contributed by atoms with Gasteiger partial charge >= 0.3 is 0 Å². The number of rotatable bonds is 1. The van der Waals surface area contributed by atoms with E-state index >= 15 is 0 Å². The van der Waals surface area contributed by atoms with Crippen LogP contribution in [0.3, 0.4) is 0 Å². The molecule has 0 aliphatic carbocycles. The quantitative estimate of drug-likeness (QED) is 0.242. The molecule has 0 spiro atoms. The van der Waals surface area contributed by atoms with Crippen LogP contribution in [-0.4, -0.2) is 14.8 Å². The molecule has 0 aromatic carbocycles. The number of H-pyrrole nitrogens is 1. The Hall–Kier alpha value is -1.34. The Balaban J connectivity index is 3.32. The molecule has 0 bridgehead atoms. The van der Waals surface area contributed by atoms with E-state index in [4.69, 9.17) is 23.8 Å². The van der Waals surface area contributed by atoms with Gasteiger partial charge in [-0.1, -0.05) is 12.2 Å². The minimum Gasteiger partial charge on any atom is -0.383 e. The van der Waals surface area contributed by atoms with Gasteiger partial charge in [-0.3, -0.25) is 14.6 Å². The molecule has 7 heteroatoms. The molecule has 6 N–H and O–H groups in total. The first kappa shape index (κ1) is 8.75. The maximum atomic E-state index is 11.3. The van der Waals surface area contributed by atoms with E-state index in [0.29, 0.717) is 0 Å². The molecular formula is C5H9N5OS. The summed E-state index contributed by atoms with van der Waals surface area (Å²) in [5.41, 5.74) is 7.56. The number of aromatic amines is 1. The van der Waals surface area contributed by atoms with E-state index in [2.05, 4.69) is 10.5 Å². The first-order valence-electron chi connectivity index (χ1n) is 3.13. The smallest absolute Gasteiger partial charge is 0.278 e. The van der Waals surface area contributed by atoms with E-state index < -0.39 is 0 Å². The fraction of sp³-hybridized carbons (Fsp3) is 0.200. The van der Waals surface area contributed by atoms with Crippen molar-refractivity contribution in [2.45, 2.75) is 0 Å². The highest BCUT2D eigenvalue weighted by atomic mass is 32.1. The van der Waals surface area contributed by atoms with Crippen molar-refractivity contribution in [1.82, 2.24) is 15.2 Å². The summed E-state index contributed by atoms with van der Waals surface area (Å²) in [6.45, 7) is 0. The number of nitrogens with one attached hydrogen (secondary N) is 2. The average Bonchev–Trinajstić information content (AvgIpc) is 2.26. The number of hydrazine groups is 1. The zero-order valence-corrected chi connectivity index (χ0v) is 7.23. The summed E-state index contributed by atoms with van der Waals surface area (Å²) in [4.78, 5) is 11.4. The molecule has 6 nitrogen and oxygen atoms in total. The Kier molecular flexibility index (Phi) is 2.15. The summed E-state index contributed by atoms with van der Waals surface area (Å²) in [6, 6.07) is 0. The van der Waals surface area contributed by atoms with E-state index in [-0.39, 0.29) is 21.9 Å². The van der Waals surface area contributed by atoms with Gasteiger partial charge in [0.2, 0.25) is 0 Å². The third-order valence-corrected chi connectivity index (χ3v) is 1.76. The van der Waals surface area contributed by atoms with E-state index in [1.165, 1.54) is 4.68 Å². The molecule has 0 radical (unpaired) electrons. The summed E-state index contributed by atoms with van der Waals surface area (Å²) in [7, 11) is 1.54. The van der Waals surface area contributed by atoms with Gasteiger partial charge in [0.15, 0.2) is 0 Å². The number of nitrogen functional groups attached to an aromatic ring is 1. The molecule has 0 aliphatic rings. The Morgan fingerprint density at radius 3 is 2.67 bits per heavy atom. The largest absolute Gasteiger partial charge is 0.383 e. The van der Waals surface area contributed by atoms with Gasteiger partial charge in [0, 0.05) is 7.05 Å². The van der Waals surface area contributed by atoms with Gasteiger partial charge < -0.3 is 11.2 Å². The Morgan fingerprint density at radius 2 is 2.33 bits per heavy atom. The fourth-order valence-electron chi connectivity index (χ4n) is 0.862. The van der Waals surface area contributed by atoms with Crippen LogP contribution in [-0.2, 0) is 7.05 Å². The highest BCUT2D eigenvalue weighted by Crippen LogP contribution is 2.01. The van der Waals surface area contributed by atoms with Crippen molar-refractivity contribution < 1.29 is 0 Å². The lowest BCUT2D eigenvalue weighted by Crippen LogP contribution is -2.33. The normalized spacial score (nSPS) is 9.83. The molecule has 12 heavy (non-hydrogen) atoms. The van der Waals surface area contributed by atoms with Crippen molar-refractivity contribution in [2.75, 3.05) is 5.73 Å². The number of nitrogens with two attached hydrogens (primary N) is 2. The molecule has 0 aliphatic heterocycles. The molecule has 0 fully saturated rings. The zero-order valence-electron chi connectivity index (χ0n) is 6.42. The van der Waals surface area contributed by atoms with Crippen LogP contribution in [0, 0.1) is 0 Å². The number of hydrogen-bond donors (Lipinski definition) is 4. The first-order chi connectivity index (χ1) is 5.57. The maximum Gasteiger partial charge on any atom is 0.278 e. The number of hydrogen-bond acceptors (Lipinski definition) is 4. The molecule has 1 aromatic rings. The lowest BCUT2D eigenvalue weighted by Gasteiger charge is -1.96. The third-order valence-electron chi connectivity index (χ3n) is 1.43. The molecule has 0 atom stereocenters. The summed E-state index contributed by atoms with van der Waals surface area (Å²) in [5.74, 6) is 5.26. The Morgan fingerprint density at radius 1 is 1.75 bits per heavy atom. The lowest BCUT2D eigenvalue weighted by molar-refractivity contribution is 0.743. The summed E-state index contributed by atoms with van der Waals surface area (Å²) < 4.78 is 1.23. The lowest BCUT2D eigenvalue weighted by atomic mass is 10.3. The zero-order chi connectivity index (χ0) is 9.30. The molecule has 1 aromatic heterocycles. The van der Waals surface area contributed by atoms with Crippen LogP contribution in [0.1, 0.15) is 5.56 Å². The van der Waals surface area contributed by atoms with Crippen LogP contribution < -0.4 is 22.6 Å². The third kappa shape index (κ3) is 1.19. The summed E-state index contributed by atoms with van der Waals surface area (Å²) >= 11 is 4.76. The topological polar surface area (TPSA) is 102 Å². The average molecular weight is 187 g/mol. The number of thiocarbonyl (C=S) groups is 1. The molecule has 66 valence electrons. The van der Waals surface area contributed by atoms with Crippen LogP contribution in [0.2, 0.25) is 0 Å². The van der Waals surface area contributed by atoms with Gasteiger partial charge in [0.05, 0.1) is 0 Å². The van der Waals surface area contributed by atoms with Crippen molar-refractivity contribution in [1.29, 1.82) is 0 Å². The SMILES string of the molecule is Cn1[nH]c(N)c(C(=S)NN)c1=O. The van der Waals surface area contributed by atoms with Gasteiger partial charge in [-0.25, -0.2) is 5.84 Å². The highest BCUT2D eigenvalue weighted by Gasteiger charge is 2.13. The maximum absolute atomic E-state index is 11.3. The van der Waals surface area contributed by atoms with Crippen LogP contribution in [0.4, 0.5) is 5.82 Å². The second-order valence-corrected chi connectivity index (χ2v) is 2.65. The van der Waals surface area contributed by atoms with Gasteiger partial charge in [-0.2, -0.15) is 0 Å². The second-order valence-electron chi connectivity index (χ2n) is 2.24. The van der Waals surface area contributed by atoms with Crippen molar-refractivity contribution in [3.63, 3.8) is 0 Å². The van der Waals surface area contributed by atoms with E-state index in [0.717, 1.165) is 0 Å². The van der Waals surface area contributed by atoms with Gasteiger partial charge in [0.1, 0.15) is 16.4 Å². The van der Waals surface area contributed by atoms with Gasteiger partial charge in [0.25, 0.3) is 5.56 Å². The number of anilines is 1. The minimum atomic E-state index is -0.296. The molecule has 1 heterocycles.